The number of nitrogens with two attached hydrogens (primary N) is 6. The zero-order valence-electron chi connectivity index (χ0n) is 22.0. The summed E-state index contributed by atoms with van der Waals surface area (Å²) >= 11 is 0. The van der Waals surface area contributed by atoms with Crippen molar-refractivity contribution < 1.29 is 65.2 Å². The molecule has 1 aromatic rings. The lowest BCUT2D eigenvalue weighted by Crippen LogP contribution is -2.51. The first-order valence-electron chi connectivity index (χ1n) is 11.4. The van der Waals surface area contributed by atoms with Gasteiger partial charge in [0.05, 0.1) is 89.1 Å². The maximum atomic E-state index is 10.4. The zero-order chi connectivity index (χ0) is 30.9. The second-order valence-corrected chi connectivity index (χ2v) is 9.81. The van der Waals surface area contributed by atoms with E-state index >= 15 is 0 Å². The van der Waals surface area contributed by atoms with Gasteiger partial charge in [-0.05, 0) is 24.3 Å². The number of rotatable bonds is 2. The molecule has 0 amide bonds. The summed E-state index contributed by atoms with van der Waals surface area (Å²) in [4.78, 5) is -1.16. The van der Waals surface area contributed by atoms with Gasteiger partial charge in [0.1, 0.15) is 20.2 Å². The van der Waals surface area contributed by atoms with E-state index in [0.29, 0.717) is 0 Å². The average Bonchev–Trinajstić information content (AvgIpc) is 2.91. The van der Waals surface area contributed by atoms with E-state index < -0.39 is 30.0 Å². The minimum atomic E-state index is -4.61. The van der Waals surface area contributed by atoms with E-state index in [-0.39, 0.29) is 11.9 Å². The molecule has 12 N–H and O–H groups in total. The SMILES string of the molecule is C1COCCO1.C1COCCO1.C1COCCO1.NC(N)=[NH2+].NC(N)=[NH2+].O=S(=O)([O-])c1ccc(S(=O)(=O)[O-])cc1. The lowest BCUT2D eigenvalue weighted by molar-refractivity contribution is -0.117. The first-order valence-corrected chi connectivity index (χ1v) is 14.2. The van der Waals surface area contributed by atoms with Crippen molar-refractivity contribution in [2.24, 2.45) is 22.9 Å². The Labute approximate surface area is 233 Å². The van der Waals surface area contributed by atoms with Gasteiger partial charge in [0.25, 0.3) is 0 Å². The standard InChI is InChI=1S/C6H6O6S2.3C4H8O2.2CH5N3/c7-13(8,9)5-1-2-6(4-3-5)14(10,11)12;3*1-2-6-4-3-5-1;2*2-1(3)4/h1-4H,(H,7,8,9)(H,10,11,12);3*1-4H2;2*(H5,2,3,4). The zero-order valence-corrected chi connectivity index (χ0v) is 23.6. The molecule has 0 aromatic heterocycles. The highest BCUT2D eigenvalue weighted by molar-refractivity contribution is 7.86. The van der Waals surface area contributed by atoms with Crippen LogP contribution >= 0.6 is 0 Å². The molecule has 0 unspecified atom stereocenters. The minimum Gasteiger partial charge on any atom is -0.744 e. The van der Waals surface area contributed by atoms with Gasteiger partial charge in [-0.3, -0.25) is 33.8 Å². The average molecular weight is 621 g/mol. The molecule has 0 atom stereocenters. The summed E-state index contributed by atoms with van der Waals surface area (Å²) in [6, 6.07) is 3.08. The van der Waals surface area contributed by atoms with Crippen LogP contribution in [0.1, 0.15) is 0 Å². The monoisotopic (exact) mass is 620 g/mol. The van der Waals surface area contributed by atoms with Crippen LogP contribution < -0.4 is 33.8 Å². The molecule has 3 aliphatic heterocycles. The summed E-state index contributed by atoms with van der Waals surface area (Å²) in [5.74, 6) is -0.167. The summed E-state index contributed by atoms with van der Waals surface area (Å²) < 4.78 is 92.1. The number of ether oxygens (including phenoxy) is 6. The van der Waals surface area contributed by atoms with Gasteiger partial charge >= 0.3 is 11.9 Å². The summed E-state index contributed by atoms with van der Waals surface area (Å²) in [6.45, 7) is 9.33. The van der Waals surface area contributed by atoms with E-state index in [0.717, 1.165) is 104 Å². The molecule has 0 radical (unpaired) electrons. The third-order valence-corrected chi connectivity index (χ3v) is 5.33. The molecule has 3 aliphatic rings. The van der Waals surface area contributed by atoms with E-state index in [1.165, 1.54) is 0 Å². The smallest absolute Gasteiger partial charge is 0.336 e. The van der Waals surface area contributed by atoms with Gasteiger partial charge in [0.15, 0.2) is 0 Å². The first kappa shape index (κ1) is 39.5. The van der Waals surface area contributed by atoms with Crippen molar-refractivity contribution in [1.82, 2.24) is 0 Å². The number of benzene rings is 1. The topological polar surface area (TPSA) is 325 Å². The van der Waals surface area contributed by atoms with E-state index in [9.17, 15) is 25.9 Å². The molecule has 0 bridgehead atoms. The number of hydrogen-bond acceptors (Lipinski definition) is 12. The summed E-state index contributed by atoms with van der Waals surface area (Å²) in [5.41, 5.74) is 18.3. The van der Waals surface area contributed by atoms with Crippen LogP contribution in [0.25, 0.3) is 0 Å². The Morgan fingerprint density at radius 1 is 0.500 bits per heavy atom. The van der Waals surface area contributed by atoms with Crippen LogP contribution in [0.15, 0.2) is 34.1 Å². The van der Waals surface area contributed by atoms with Gasteiger partial charge in [-0.25, -0.2) is 16.8 Å². The summed E-state index contributed by atoms with van der Waals surface area (Å²) in [6.07, 6.45) is 0. The van der Waals surface area contributed by atoms with Crippen molar-refractivity contribution in [3.05, 3.63) is 24.3 Å². The van der Waals surface area contributed by atoms with Gasteiger partial charge in [-0.2, -0.15) is 0 Å². The quantitative estimate of drug-likeness (QED) is 0.102. The largest absolute Gasteiger partial charge is 0.744 e. The fourth-order valence-corrected chi connectivity index (χ4v) is 3.03. The van der Waals surface area contributed by atoms with Crippen molar-refractivity contribution in [3.63, 3.8) is 0 Å². The van der Waals surface area contributed by atoms with Crippen LogP contribution in [-0.4, -0.2) is 117 Å². The van der Waals surface area contributed by atoms with Crippen molar-refractivity contribution in [1.29, 1.82) is 0 Å². The Balaban J connectivity index is 0. The van der Waals surface area contributed by atoms with E-state index in [2.05, 4.69) is 33.8 Å². The van der Waals surface area contributed by atoms with Gasteiger partial charge in [-0.1, -0.05) is 0 Å². The predicted octanol–water partition coefficient (Wildman–Crippen LogP) is -6.37. The van der Waals surface area contributed by atoms with E-state index in [1.807, 2.05) is 0 Å². The third-order valence-electron chi connectivity index (χ3n) is 3.63. The second-order valence-electron chi connectivity index (χ2n) is 7.05. The molecule has 1 aromatic carbocycles. The Morgan fingerprint density at radius 3 is 0.700 bits per heavy atom. The highest BCUT2D eigenvalue weighted by Crippen LogP contribution is 2.13. The molecule has 3 heterocycles. The van der Waals surface area contributed by atoms with Crippen molar-refractivity contribution in [3.8, 4) is 0 Å². The van der Waals surface area contributed by atoms with E-state index in [4.69, 9.17) is 28.4 Å². The van der Waals surface area contributed by atoms with Gasteiger partial charge in [0, 0.05) is 0 Å². The number of hydrogen-bond donors (Lipinski definition) is 6. The second kappa shape index (κ2) is 24.2. The van der Waals surface area contributed by atoms with Crippen molar-refractivity contribution in [2.45, 2.75) is 9.79 Å². The van der Waals surface area contributed by atoms with Crippen molar-refractivity contribution >= 4 is 32.2 Å². The van der Waals surface area contributed by atoms with Crippen LogP contribution in [0.2, 0.25) is 0 Å². The van der Waals surface area contributed by atoms with Crippen LogP contribution in [0, 0.1) is 0 Å². The molecule has 0 spiro atoms. The molecule has 4 rings (SSSR count). The summed E-state index contributed by atoms with van der Waals surface area (Å²) in [5, 5.41) is 9.17. The molecule has 40 heavy (non-hydrogen) atoms. The molecule has 0 saturated carbocycles. The molecular formula is C20H40N6O12S2. The molecule has 234 valence electrons. The van der Waals surface area contributed by atoms with Gasteiger partial charge in [-0.15, -0.1) is 0 Å². The molecule has 18 nitrogen and oxygen atoms in total. The van der Waals surface area contributed by atoms with Crippen LogP contribution in [0.5, 0.6) is 0 Å². The molecule has 3 fully saturated rings. The molecular weight excluding hydrogens is 580 g/mol. The van der Waals surface area contributed by atoms with Gasteiger partial charge in [0.2, 0.25) is 0 Å². The fourth-order valence-electron chi connectivity index (χ4n) is 2.09. The van der Waals surface area contributed by atoms with Crippen molar-refractivity contribution in [2.75, 3.05) is 79.3 Å². The molecule has 0 aliphatic carbocycles. The van der Waals surface area contributed by atoms with Crippen LogP contribution in [0.4, 0.5) is 0 Å². The Bertz CT molecular complexity index is 865. The highest BCUT2D eigenvalue weighted by atomic mass is 32.2. The fraction of sp³-hybridized carbons (Fsp3) is 0.600. The Hall–Kier alpha value is -2.66. The van der Waals surface area contributed by atoms with Gasteiger partial charge < -0.3 is 37.5 Å². The molecule has 20 heteroatoms. The highest BCUT2D eigenvalue weighted by Gasteiger charge is 2.04. The molecule has 3 saturated heterocycles. The lowest BCUT2D eigenvalue weighted by Gasteiger charge is -2.09. The maximum absolute atomic E-state index is 10.4. The number of guanidine groups is 2. The first-order chi connectivity index (χ1) is 18.7. The summed E-state index contributed by atoms with van der Waals surface area (Å²) in [7, 11) is -9.22. The third kappa shape index (κ3) is 29.9. The van der Waals surface area contributed by atoms with Crippen LogP contribution in [0.3, 0.4) is 0 Å². The predicted molar refractivity (Wildman–Crippen MR) is 138 cm³/mol. The lowest BCUT2D eigenvalue weighted by atomic mass is 10.4. The Kier molecular flexibility index (Phi) is 23.9. The normalized spacial score (nSPS) is 16.4. The van der Waals surface area contributed by atoms with E-state index in [1.54, 1.807) is 0 Å². The minimum absolute atomic E-state index is 0.0833. The van der Waals surface area contributed by atoms with Crippen LogP contribution in [-0.2, 0) is 48.7 Å². The maximum Gasteiger partial charge on any atom is 0.336 e. The Morgan fingerprint density at radius 2 is 0.625 bits per heavy atom.